The number of aliphatic hydroxyl groups is 1. The largest absolute Gasteiger partial charge is 0.435 e. The third-order valence-electron chi connectivity index (χ3n) is 5.22. The number of nitrogens with zero attached hydrogens (tertiary/aromatic N) is 1. The second-order valence-corrected chi connectivity index (χ2v) is 9.78. The van der Waals surface area contributed by atoms with E-state index in [0.717, 1.165) is 0 Å². The Balaban J connectivity index is 1.92. The highest BCUT2D eigenvalue weighted by molar-refractivity contribution is 7.86. The van der Waals surface area contributed by atoms with E-state index in [9.17, 15) is 22.9 Å². The summed E-state index contributed by atoms with van der Waals surface area (Å²) in [7, 11) is -0.944. The molecule has 1 fully saturated rings. The van der Waals surface area contributed by atoms with E-state index in [0.29, 0.717) is 17.2 Å². The van der Waals surface area contributed by atoms with Crippen LogP contribution >= 0.6 is 0 Å². The van der Waals surface area contributed by atoms with Crippen molar-refractivity contribution in [2.45, 2.75) is 45.1 Å². The molecule has 1 amide bonds. The first-order valence-electron chi connectivity index (χ1n) is 10.2. The summed E-state index contributed by atoms with van der Waals surface area (Å²) in [6.07, 6.45) is 0.576. The lowest BCUT2D eigenvalue weighted by molar-refractivity contribution is -0.0498. The molecule has 2 heterocycles. The number of carbonyl (C=O) groups excluding carboxylic acids is 1. The molecule has 0 saturated carbocycles. The second kappa shape index (κ2) is 9.92. The van der Waals surface area contributed by atoms with Crippen LogP contribution in [0.1, 0.15) is 42.4 Å². The normalized spacial score (nSPS) is 21.6. The molecule has 4 N–H and O–H groups in total. The second-order valence-electron chi connectivity index (χ2n) is 8.32. The number of aliphatic hydroxyl groups excluding tert-OH is 1. The van der Waals surface area contributed by atoms with Gasteiger partial charge in [-0.2, -0.15) is 8.78 Å². The van der Waals surface area contributed by atoms with Gasteiger partial charge in [0.2, 0.25) is 0 Å². The van der Waals surface area contributed by atoms with Crippen LogP contribution in [0.15, 0.2) is 36.5 Å². The van der Waals surface area contributed by atoms with Gasteiger partial charge in [0.15, 0.2) is 0 Å². The van der Waals surface area contributed by atoms with E-state index in [1.54, 1.807) is 19.9 Å². The van der Waals surface area contributed by atoms with E-state index in [1.165, 1.54) is 30.5 Å². The van der Waals surface area contributed by atoms with Crippen molar-refractivity contribution >= 4 is 28.1 Å². The minimum Gasteiger partial charge on any atom is -0.435 e. The maximum atomic E-state index is 12.8. The number of ether oxygens (including phenoxy) is 1. The number of alkyl halides is 2. The Morgan fingerprint density at radius 3 is 2.58 bits per heavy atom. The molecular formula is C22H26F2N4O4S. The van der Waals surface area contributed by atoms with Gasteiger partial charge in [-0.3, -0.25) is 19.4 Å². The van der Waals surface area contributed by atoms with Gasteiger partial charge in [-0.15, -0.1) is 0 Å². The SMILES string of the molecule is CC(O)C(C)Nc1cc(C(=O)NC2(C)CS(=O)C2)cnc1C(=N)c1cccc(OC(F)F)c1. The van der Waals surface area contributed by atoms with Gasteiger partial charge in [0.1, 0.15) is 11.4 Å². The summed E-state index contributed by atoms with van der Waals surface area (Å²) in [6, 6.07) is 6.78. The topological polar surface area (TPSA) is 124 Å². The molecule has 1 saturated heterocycles. The summed E-state index contributed by atoms with van der Waals surface area (Å²) < 4.78 is 41.0. The number of rotatable bonds is 9. The fraction of sp³-hybridized carbons (Fsp3) is 0.409. The number of pyridine rings is 1. The molecule has 1 aliphatic heterocycles. The average Bonchev–Trinajstić information content (AvgIpc) is 2.71. The number of nitrogens with one attached hydrogen (secondary N) is 3. The minimum absolute atomic E-state index is 0.0803. The highest BCUT2D eigenvalue weighted by Crippen LogP contribution is 2.25. The molecule has 1 aromatic heterocycles. The molecule has 8 nitrogen and oxygen atoms in total. The monoisotopic (exact) mass is 480 g/mol. The number of anilines is 1. The Hall–Kier alpha value is -2.92. The summed E-state index contributed by atoms with van der Waals surface area (Å²) in [6.45, 7) is 2.14. The molecule has 2 atom stereocenters. The third kappa shape index (κ3) is 6.11. The number of hydrogen-bond donors (Lipinski definition) is 4. The summed E-state index contributed by atoms with van der Waals surface area (Å²) in [5, 5.41) is 24.4. The van der Waals surface area contributed by atoms with E-state index in [4.69, 9.17) is 5.41 Å². The van der Waals surface area contributed by atoms with Crippen LogP contribution in [0.5, 0.6) is 5.75 Å². The Bertz CT molecular complexity index is 1070. The smallest absolute Gasteiger partial charge is 0.387 e. The Kier molecular flexibility index (Phi) is 7.43. The number of carbonyl (C=O) groups is 1. The van der Waals surface area contributed by atoms with Crippen molar-refractivity contribution in [3.63, 3.8) is 0 Å². The Morgan fingerprint density at radius 1 is 1.27 bits per heavy atom. The van der Waals surface area contributed by atoms with Crippen molar-refractivity contribution in [1.82, 2.24) is 10.3 Å². The zero-order valence-electron chi connectivity index (χ0n) is 18.4. The van der Waals surface area contributed by atoms with E-state index in [1.807, 2.05) is 6.92 Å². The fourth-order valence-corrected chi connectivity index (χ4v) is 4.80. The number of amides is 1. The zero-order chi connectivity index (χ0) is 24.3. The summed E-state index contributed by atoms with van der Waals surface area (Å²) >= 11 is 0. The van der Waals surface area contributed by atoms with Crippen LogP contribution in [0.3, 0.4) is 0 Å². The fourth-order valence-electron chi connectivity index (χ4n) is 3.32. The molecule has 2 aromatic rings. The van der Waals surface area contributed by atoms with E-state index < -0.39 is 41.0 Å². The van der Waals surface area contributed by atoms with Gasteiger partial charge in [0.25, 0.3) is 5.91 Å². The molecule has 2 unspecified atom stereocenters. The van der Waals surface area contributed by atoms with Crippen LogP contribution in [0.4, 0.5) is 14.5 Å². The maximum absolute atomic E-state index is 12.8. The molecule has 33 heavy (non-hydrogen) atoms. The minimum atomic E-state index is -3.00. The van der Waals surface area contributed by atoms with Gasteiger partial charge in [0.05, 0.1) is 28.6 Å². The molecule has 3 rings (SSSR count). The lowest BCUT2D eigenvalue weighted by Crippen LogP contribution is -2.61. The van der Waals surface area contributed by atoms with Gasteiger partial charge in [-0.1, -0.05) is 12.1 Å². The first-order valence-corrected chi connectivity index (χ1v) is 11.7. The summed E-state index contributed by atoms with van der Waals surface area (Å²) in [5.41, 5.74) is 0.366. The molecule has 0 radical (unpaired) electrons. The molecule has 178 valence electrons. The first kappa shape index (κ1) is 24.7. The number of benzene rings is 1. The van der Waals surface area contributed by atoms with Crippen molar-refractivity contribution in [2.24, 2.45) is 0 Å². The van der Waals surface area contributed by atoms with Crippen LogP contribution in [0.2, 0.25) is 0 Å². The molecule has 0 spiro atoms. The van der Waals surface area contributed by atoms with Gasteiger partial charge < -0.3 is 20.5 Å². The molecule has 11 heteroatoms. The van der Waals surface area contributed by atoms with E-state index in [2.05, 4.69) is 20.4 Å². The zero-order valence-corrected chi connectivity index (χ0v) is 19.2. The Morgan fingerprint density at radius 2 is 1.97 bits per heavy atom. The van der Waals surface area contributed by atoms with Crippen molar-refractivity contribution < 1.29 is 27.6 Å². The lowest BCUT2D eigenvalue weighted by Gasteiger charge is -2.38. The molecule has 0 bridgehead atoms. The average molecular weight is 481 g/mol. The van der Waals surface area contributed by atoms with Crippen molar-refractivity contribution in [1.29, 1.82) is 5.41 Å². The van der Waals surface area contributed by atoms with E-state index >= 15 is 0 Å². The molecule has 1 aromatic carbocycles. The number of halogens is 2. The van der Waals surface area contributed by atoms with Crippen LogP contribution in [0, 0.1) is 5.41 Å². The quantitative estimate of drug-likeness (QED) is 0.409. The Labute approximate surface area is 192 Å². The molecular weight excluding hydrogens is 454 g/mol. The van der Waals surface area contributed by atoms with Crippen LogP contribution in [-0.4, -0.2) is 61.7 Å². The van der Waals surface area contributed by atoms with Gasteiger partial charge in [0, 0.05) is 40.1 Å². The van der Waals surface area contributed by atoms with Crippen LogP contribution < -0.4 is 15.4 Å². The predicted octanol–water partition coefficient (Wildman–Crippen LogP) is 2.53. The number of aromatic nitrogens is 1. The molecule has 0 aliphatic carbocycles. The predicted molar refractivity (Wildman–Crippen MR) is 122 cm³/mol. The van der Waals surface area contributed by atoms with Gasteiger partial charge in [-0.05, 0) is 39.0 Å². The first-order chi connectivity index (χ1) is 15.5. The number of hydrogen-bond acceptors (Lipinski definition) is 7. The lowest BCUT2D eigenvalue weighted by atomic mass is 10.0. The van der Waals surface area contributed by atoms with Crippen molar-refractivity contribution in [3.05, 3.63) is 53.3 Å². The van der Waals surface area contributed by atoms with Gasteiger partial charge >= 0.3 is 6.61 Å². The van der Waals surface area contributed by atoms with Crippen LogP contribution in [-0.2, 0) is 10.8 Å². The third-order valence-corrected chi connectivity index (χ3v) is 7.13. The van der Waals surface area contributed by atoms with Crippen molar-refractivity contribution in [2.75, 3.05) is 16.8 Å². The molecule has 1 aliphatic rings. The highest BCUT2D eigenvalue weighted by Gasteiger charge is 2.39. The summed E-state index contributed by atoms with van der Waals surface area (Å²) in [4.78, 5) is 17.1. The standard InChI is InChI=1S/C22H26F2N4O4S/c1-12(13(2)29)27-17-8-15(20(30)28-22(3)10-33(31)11-22)9-26-19(17)18(25)14-5-4-6-16(7-14)32-21(23)24/h4-9,12-13,21,25,27,29H,10-11H2,1-3H3,(H,28,30). The summed E-state index contributed by atoms with van der Waals surface area (Å²) in [5.74, 6) is 0.243. The van der Waals surface area contributed by atoms with Crippen LogP contribution in [0.25, 0.3) is 0 Å². The maximum Gasteiger partial charge on any atom is 0.387 e. The highest BCUT2D eigenvalue weighted by atomic mass is 32.2. The van der Waals surface area contributed by atoms with Gasteiger partial charge in [-0.25, -0.2) is 0 Å². The van der Waals surface area contributed by atoms with Crippen molar-refractivity contribution in [3.8, 4) is 5.75 Å². The van der Waals surface area contributed by atoms with E-state index in [-0.39, 0.29) is 28.3 Å².